The lowest BCUT2D eigenvalue weighted by Crippen LogP contribution is -2.43. The van der Waals surface area contributed by atoms with Crippen LogP contribution in [0.4, 0.5) is 0 Å². The maximum absolute atomic E-state index is 12.6. The number of carbonyl (C=O) groups is 2. The van der Waals surface area contributed by atoms with E-state index in [1.165, 1.54) is 18.0 Å². The third-order valence-corrected chi connectivity index (χ3v) is 4.96. The van der Waals surface area contributed by atoms with Crippen LogP contribution < -0.4 is 10.9 Å². The van der Waals surface area contributed by atoms with E-state index >= 15 is 0 Å². The summed E-state index contributed by atoms with van der Waals surface area (Å²) in [6, 6.07) is 14.2. The molecular formula is C23H25N3O4. The van der Waals surface area contributed by atoms with Crippen LogP contribution in [0.5, 0.6) is 0 Å². The number of hydrogen-bond donors (Lipinski definition) is 1. The average molecular weight is 407 g/mol. The van der Waals surface area contributed by atoms with Crippen molar-refractivity contribution in [1.29, 1.82) is 0 Å². The zero-order chi connectivity index (χ0) is 21.5. The first-order valence-corrected chi connectivity index (χ1v) is 9.85. The highest BCUT2D eigenvalue weighted by Crippen LogP contribution is 2.11. The van der Waals surface area contributed by atoms with Gasteiger partial charge in [0.2, 0.25) is 5.91 Å². The van der Waals surface area contributed by atoms with Crippen molar-refractivity contribution in [2.45, 2.75) is 38.8 Å². The second-order valence-electron chi connectivity index (χ2n) is 7.15. The molecule has 0 fully saturated rings. The molecule has 156 valence electrons. The molecule has 1 aromatic heterocycles. The Kier molecular flexibility index (Phi) is 6.95. The molecule has 0 aliphatic rings. The minimum absolute atomic E-state index is 0.124. The Morgan fingerprint density at radius 1 is 1.13 bits per heavy atom. The Hall–Kier alpha value is -3.48. The highest BCUT2D eigenvalue weighted by atomic mass is 16.5. The Balaban J connectivity index is 1.59. The second kappa shape index (κ2) is 9.82. The molecular weight excluding hydrogens is 382 g/mol. The maximum atomic E-state index is 12.6. The van der Waals surface area contributed by atoms with Crippen LogP contribution >= 0.6 is 0 Å². The summed E-state index contributed by atoms with van der Waals surface area (Å²) in [4.78, 5) is 41.4. The number of nitrogens with one attached hydrogen (secondary N) is 1. The SMILES string of the molecule is COC(=O)[C@H](Cc1ccccc1)NC(=O)CCCn1cnc2c(C)cccc2c1=O. The number of ether oxygens (including phenoxy) is 1. The van der Waals surface area contributed by atoms with Crippen LogP contribution in [0.1, 0.15) is 24.0 Å². The Morgan fingerprint density at radius 2 is 1.90 bits per heavy atom. The van der Waals surface area contributed by atoms with Gasteiger partial charge in [0.05, 0.1) is 24.3 Å². The van der Waals surface area contributed by atoms with E-state index in [0.717, 1.165) is 11.1 Å². The number of amides is 1. The van der Waals surface area contributed by atoms with Crippen molar-refractivity contribution < 1.29 is 14.3 Å². The first-order valence-electron chi connectivity index (χ1n) is 9.85. The number of esters is 1. The number of aryl methyl sites for hydroxylation is 2. The molecule has 0 unspecified atom stereocenters. The molecule has 0 saturated heterocycles. The van der Waals surface area contributed by atoms with Crippen molar-refractivity contribution >= 4 is 22.8 Å². The smallest absolute Gasteiger partial charge is 0.328 e. The summed E-state index contributed by atoms with van der Waals surface area (Å²) >= 11 is 0. The molecule has 1 atom stereocenters. The van der Waals surface area contributed by atoms with Gasteiger partial charge >= 0.3 is 5.97 Å². The van der Waals surface area contributed by atoms with Gasteiger partial charge in [0.15, 0.2) is 0 Å². The van der Waals surface area contributed by atoms with E-state index in [0.29, 0.717) is 30.3 Å². The molecule has 1 amide bonds. The molecule has 1 heterocycles. The van der Waals surface area contributed by atoms with Gasteiger partial charge in [0.1, 0.15) is 6.04 Å². The van der Waals surface area contributed by atoms with E-state index < -0.39 is 12.0 Å². The summed E-state index contributed by atoms with van der Waals surface area (Å²) in [6.45, 7) is 2.28. The van der Waals surface area contributed by atoms with E-state index in [-0.39, 0.29) is 17.9 Å². The molecule has 0 aliphatic heterocycles. The molecule has 0 radical (unpaired) electrons. The summed E-state index contributed by atoms with van der Waals surface area (Å²) in [7, 11) is 1.30. The summed E-state index contributed by atoms with van der Waals surface area (Å²) in [5, 5.41) is 3.30. The van der Waals surface area contributed by atoms with Crippen LogP contribution in [-0.4, -0.2) is 34.6 Å². The number of hydrogen-bond acceptors (Lipinski definition) is 5. The predicted molar refractivity (Wildman–Crippen MR) is 114 cm³/mol. The molecule has 2 aromatic carbocycles. The normalized spacial score (nSPS) is 11.8. The van der Waals surface area contributed by atoms with Gasteiger partial charge in [-0.05, 0) is 30.5 Å². The van der Waals surface area contributed by atoms with Gasteiger partial charge in [-0.3, -0.25) is 14.2 Å². The lowest BCUT2D eigenvalue weighted by Gasteiger charge is -2.16. The number of carbonyl (C=O) groups excluding carboxylic acids is 2. The van der Waals surface area contributed by atoms with Crippen LogP contribution in [0.25, 0.3) is 10.9 Å². The molecule has 3 rings (SSSR count). The van der Waals surface area contributed by atoms with Gasteiger partial charge in [-0.1, -0.05) is 42.5 Å². The molecule has 7 heteroatoms. The Morgan fingerprint density at radius 3 is 2.63 bits per heavy atom. The molecule has 30 heavy (non-hydrogen) atoms. The van der Waals surface area contributed by atoms with Gasteiger partial charge in [-0.25, -0.2) is 9.78 Å². The topological polar surface area (TPSA) is 90.3 Å². The van der Waals surface area contributed by atoms with Crippen molar-refractivity contribution in [3.63, 3.8) is 0 Å². The van der Waals surface area contributed by atoms with E-state index in [9.17, 15) is 14.4 Å². The first-order chi connectivity index (χ1) is 14.5. The summed E-state index contributed by atoms with van der Waals surface area (Å²) in [5.41, 5.74) is 2.44. The quantitative estimate of drug-likeness (QED) is 0.579. The fourth-order valence-corrected chi connectivity index (χ4v) is 3.36. The van der Waals surface area contributed by atoms with Crippen LogP contribution in [0.15, 0.2) is 59.7 Å². The number of methoxy groups -OCH3 is 1. The number of benzene rings is 2. The van der Waals surface area contributed by atoms with Crippen LogP contribution in [0.3, 0.4) is 0 Å². The fourth-order valence-electron chi connectivity index (χ4n) is 3.36. The van der Waals surface area contributed by atoms with Gasteiger partial charge < -0.3 is 10.1 Å². The largest absolute Gasteiger partial charge is 0.467 e. The molecule has 1 N–H and O–H groups in total. The number of para-hydroxylation sites is 1. The van der Waals surface area contributed by atoms with Gasteiger partial charge in [-0.15, -0.1) is 0 Å². The van der Waals surface area contributed by atoms with Gasteiger partial charge in [0.25, 0.3) is 5.56 Å². The van der Waals surface area contributed by atoms with Gasteiger partial charge in [-0.2, -0.15) is 0 Å². The van der Waals surface area contributed by atoms with Crippen LogP contribution in [0.2, 0.25) is 0 Å². The minimum atomic E-state index is -0.752. The Bertz CT molecular complexity index is 1090. The first kappa shape index (κ1) is 21.2. The summed E-state index contributed by atoms with van der Waals surface area (Å²) in [5.74, 6) is -0.753. The fraction of sp³-hybridized carbons (Fsp3) is 0.304. The zero-order valence-electron chi connectivity index (χ0n) is 17.1. The van der Waals surface area contributed by atoms with E-state index in [1.54, 1.807) is 6.07 Å². The van der Waals surface area contributed by atoms with Crippen molar-refractivity contribution in [2.75, 3.05) is 7.11 Å². The maximum Gasteiger partial charge on any atom is 0.328 e. The van der Waals surface area contributed by atoms with Crippen molar-refractivity contribution in [2.24, 2.45) is 0 Å². The highest BCUT2D eigenvalue weighted by Gasteiger charge is 2.21. The van der Waals surface area contributed by atoms with Crippen LogP contribution in [0, 0.1) is 6.92 Å². The van der Waals surface area contributed by atoms with Crippen molar-refractivity contribution in [1.82, 2.24) is 14.9 Å². The zero-order valence-corrected chi connectivity index (χ0v) is 17.1. The monoisotopic (exact) mass is 407 g/mol. The molecule has 0 spiro atoms. The Labute approximate surface area is 174 Å². The molecule has 7 nitrogen and oxygen atoms in total. The molecule has 3 aromatic rings. The number of aromatic nitrogens is 2. The summed E-state index contributed by atoms with van der Waals surface area (Å²) in [6.07, 6.45) is 2.50. The molecule has 0 aliphatic carbocycles. The van der Waals surface area contributed by atoms with Crippen molar-refractivity contribution in [3.05, 3.63) is 76.3 Å². The number of fused-ring (bicyclic) bond motifs is 1. The van der Waals surface area contributed by atoms with E-state index in [1.807, 2.05) is 49.4 Å². The third-order valence-electron chi connectivity index (χ3n) is 4.96. The highest BCUT2D eigenvalue weighted by molar-refractivity contribution is 5.84. The van der Waals surface area contributed by atoms with Crippen LogP contribution in [-0.2, 0) is 27.3 Å². The van der Waals surface area contributed by atoms with E-state index in [4.69, 9.17) is 4.74 Å². The third kappa shape index (κ3) is 5.11. The lowest BCUT2D eigenvalue weighted by molar-refractivity contribution is -0.145. The second-order valence-corrected chi connectivity index (χ2v) is 7.15. The molecule has 0 bridgehead atoms. The average Bonchev–Trinajstić information content (AvgIpc) is 2.75. The van der Waals surface area contributed by atoms with E-state index in [2.05, 4.69) is 10.3 Å². The van der Waals surface area contributed by atoms with Crippen molar-refractivity contribution in [3.8, 4) is 0 Å². The minimum Gasteiger partial charge on any atom is -0.467 e. The predicted octanol–water partition coefficient (Wildman–Crippen LogP) is 2.39. The summed E-state index contributed by atoms with van der Waals surface area (Å²) < 4.78 is 6.33. The van der Waals surface area contributed by atoms with Gasteiger partial charge in [0, 0.05) is 19.4 Å². The number of rotatable bonds is 8. The lowest BCUT2D eigenvalue weighted by atomic mass is 10.1. The number of nitrogens with zero attached hydrogens (tertiary/aromatic N) is 2. The molecule has 0 saturated carbocycles. The standard InChI is InChI=1S/C23H25N3O4/c1-16-8-6-11-18-21(16)24-15-26(22(18)28)13-7-12-20(27)25-19(23(29)30-2)14-17-9-4-3-5-10-17/h3-6,8-11,15,19H,7,12-14H2,1-2H3,(H,25,27)/t19-/m0/s1.